The zero-order valence-electron chi connectivity index (χ0n) is 10.2. The molecule has 94 valence electrons. The van der Waals surface area contributed by atoms with Gasteiger partial charge < -0.3 is 9.15 Å². The molecule has 2 rings (SSSR count). The van der Waals surface area contributed by atoms with E-state index in [9.17, 15) is 9.18 Å². The average Bonchev–Trinajstić information content (AvgIpc) is 2.76. The van der Waals surface area contributed by atoms with Crippen molar-refractivity contribution >= 4 is 5.78 Å². The Bertz CT molecular complexity index is 572. The van der Waals surface area contributed by atoms with E-state index in [-0.39, 0.29) is 18.0 Å². The van der Waals surface area contributed by atoms with Crippen LogP contribution in [0.2, 0.25) is 0 Å². The number of rotatable bonds is 4. The molecule has 2 aromatic rings. The molecular weight excluding hydrogens is 235 g/mol. The molecule has 0 fully saturated rings. The molecule has 0 bridgehead atoms. The molecule has 0 atom stereocenters. The van der Waals surface area contributed by atoms with E-state index in [0.717, 1.165) is 0 Å². The fourth-order valence-corrected chi connectivity index (χ4v) is 1.70. The second-order valence-electron chi connectivity index (χ2n) is 4.01. The number of ketones is 1. The zero-order chi connectivity index (χ0) is 13.1. The quantitative estimate of drug-likeness (QED) is 0.780. The Morgan fingerprint density at radius 1 is 1.39 bits per heavy atom. The van der Waals surface area contributed by atoms with Crippen molar-refractivity contribution in [3.8, 4) is 5.75 Å². The summed E-state index contributed by atoms with van der Waals surface area (Å²) >= 11 is 0. The van der Waals surface area contributed by atoms with E-state index in [1.54, 1.807) is 19.1 Å². The van der Waals surface area contributed by atoms with Gasteiger partial charge >= 0.3 is 0 Å². The van der Waals surface area contributed by atoms with Crippen LogP contribution in [0.3, 0.4) is 0 Å². The largest absolute Gasteiger partial charge is 0.494 e. The number of methoxy groups -OCH3 is 1. The minimum Gasteiger partial charge on any atom is -0.494 e. The molecule has 0 aliphatic rings. The molecule has 3 nitrogen and oxygen atoms in total. The van der Waals surface area contributed by atoms with Crippen LogP contribution < -0.4 is 4.74 Å². The second-order valence-corrected chi connectivity index (χ2v) is 4.01. The molecule has 0 radical (unpaired) electrons. The number of hydrogen-bond donors (Lipinski definition) is 0. The first kappa shape index (κ1) is 12.4. The van der Waals surface area contributed by atoms with Crippen LogP contribution in [-0.2, 0) is 6.42 Å². The number of carbonyl (C=O) groups excluding carboxylic acids is 1. The number of ether oxygens (including phenoxy) is 1. The second kappa shape index (κ2) is 5.04. The maximum Gasteiger partial charge on any atom is 0.170 e. The van der Waals surface area contributed by atoms with Gasteiger partial charge in [-0.2, -0.15) is 0 Å². The molecule has 1 heterocycles. The van der Waals surface area contributed by atoms with Crippen molar-refractivity contribution in [2.45, 2.75) is 13.3 Å². The summed E-state index contributed by atoms with van der Waals surface area (Å²) in [5, 5.41) is 0. The van der Waals surface area contributed by atoms with Crippen molar-refractivity contribution in [2.75, 3.05) is 7.11 Å². The SMILES string of the molecule is COc1ccc(CC(=O)c2coc(C)c2)cc1F. The van der Waals surface area contributed by atoms with E-state index in [1.165, 1.54) is 25.5 Å². The molecule has 1 aromatic heterocycles. The third-order valence-electron chi connectivity index (χ3n) is 2.63. The van der Waals surface area contributed by atoms with Gasteiger partial charge in [0.15, 0.2) is 17.3 Å². The first-order chi connectivity index (χ1) is 8.60. The topological polar surface area (TPSA) is 39.4 Å². The van der Waals surface area contributed by atoms with Gasteiger partial charge in [0.2, 0.25) is 0 Å². The Morgan fingerprint density at radius 3 is 2.72 bits per heavy atom. The molecule has 1 aromatic carbocycles. The van der Waals surface area contributed by atoms with Gasteiger partial charge in [-0.3, -0.25) is 4.79 Å². The molecule has 0 saturated heterocycles. The van der Waals surface area contributed by atoms with Crippen LogP contribution in [0.5, 0.6) is 5.75 Å². The highest BCUT2D eigenvalue weighted by molar-refractivity contribution is 5.97. The number of hydrogen-bond acceptors (Lipinski definition) is 3. The number of halogens is 1. The van der Waals surface area contributed by atoms with Crippen LogP contribution in [0.25, 0.3) is 0 Å². The fourth-order valence-electron chi connectivity index (χ4n) is 1.70. The van der Waals surface area contributed by atoms with E-state index >= 15 is 0 Å². The Kier molecular flexibility index (Phi) is 3.46. The molecule has 0 aliphatic heterocycles. The van der Waals surface area contributed by atoms with Crippen LogP contribution >= 0.6 is 0 Å². The van der Waals surface area contributed by atoms with Gasteiger partial charge in [-0.1, -0.05) is 6.07 Å². The van der Waals surface area contributed by atoms with E-state index in [2.05, 4.69) is 0 Å². The first-order valence-electron chi connectivity index (χ1n) is 5.51. The Labute approximate surface area is 104 Å². The summed E-state index contributed by atoms with van der Waals surface area (Å²) in [5.41, 5.74) is 1.11. The van der Waals surface area contributed by atoms with Crippen LogP contribution in [0.1, 0.15) is 21.7 Å². The minimum absolute atomic E-state index is 0.101. The molecule has 0 N–H and O–H groups in total. The third kappa shape index (κ3) is 2.59. The average molecular weight is 248 g/mol. The van der Waals surface area contributed by atoms with E-state index < -0.39 is 5.82 Å². The summed E-state index contributed by atoms with van der Waals surface area (Å²) in [6.07, 6.45) is 1.55. The lowest BCUT2D eigenvalue weighted by Crippen LogP contribution is -2.02. The van der Waals surface area contributed by atoms with Crippen molar-refractivity contribution in [3.05, 3.63) is 53.2 Å². The number of benzene rings is 1. The molecule has 18 heavy (non-hydrogen) atoms. The Hall–Kier alpha value is -2.10. The minimum atomic E-state index is -0.467. The van der Waals surface area contributed by atoms with Crippen LogP contribution in [0, 0.1) is 12.7 Å². The molecule has 0 aliphatic carbocycles. The predicted molar refractivity (Wildman–Crippen MR) is 64.4 cm³/mol. The predicted octanol–water partition coefficient (Wildman–Crippen LogP) is 3.16. The molecule has 0 amide bonds. The standard InChI is InChI=1S/C14H13FO3/c1-9-5-11(8-18-9)13(16)7-10-3-4-14(17-2)12(15)6-10/h3-6,8H,7H2,1-2H3. The van der Waals surface area contributed by atoms with Gasteiger partial charge in [0.1, 0.15) is 12.0 Å². The molecular formula is C14H13FO3. The van der Waals surface area contributed by atoms with E-state index in [4.69, 9.17) is 9.15 Å². The Morgan fingerprint density at radius 2 is 2.17 bits per heavy atom. The highest BCUT2D eigenvalue weighted by Crippen LogP contribution is 2.19. The maximum absolute atomic E-state index is 13.5. The lowest BCUT2D eigenvalue weighted by Gasteiger charge is -2.04. The number of aryl methyl sites for hydroxylation is 1. The van der Waals surface area contributed by atoms with Crippen molar-refractivity contribution in [3.63, 3.8) is 0 Å². The number of carbonyl (C=O) groups is 1. The first-order valence-corrected chi connectivity index (χ1v) is 5.51. The fraction of sp³-hybridized carbons (Fsp3) is 0.214. The smallest absolute Gasteiger partial charge is 0.170 e. The van der Waals surface area contributed by atoms with Crippen molar-refractivity contribution < 1.29 is 18.3 Å². The van der Waals surface area contributed by atoms with Gasteiger partial charge in [-0.15, -0.1) is 0 Å². The molecule has 0 unspecified atom stereocenters. The summed E-state index contributed by atoms with van der Waals surface area (Å²) in [6, 6.07) is 6.16. The highest BCUT2D eigenvalue weighted by atomic mass is 19.1. The Balaban J connectivity index is 2.14. The van der Waals surface area contributed by atoms with Crippen LogP contribution in [-0.4, -0.2) is 12.9 Å². The van der Waals surface area contributed by atoms with Crippen molar-refractivity contribution in [2.24, 2.45) is 0 Å². The lowest BCUT2D eigenvalue weighted by molar-refractivity contribution is 0.0992. The zero-order valence-corrected chi connectivity index (χ0v) is 10.2. The van der Waals surface area contributed by atoms with Gasteiger partial charge in [0.25, 0.3) is 0 Å². The summed E-state index contributed by atoms with van der Waals surface area (Å²) in [6.45, 7) is 1.77. The van der Waals surface area contributed by atoms with E-state index in [1.807, 2.05) is 0 Å². The molecule has 4 heteroatoms. The highest BCUT2D eigenvalue weighted by Gasteiger charge is 2.11. The van der Waals surface area contributed by atoms with Gasteiger partial charge in [0, 0.05) is 6.42 Å². The van der Waals surface area contributed by atoms with Crippen LogP contribution in [0.15, 0.2) is 34.9 Å². The normalized spacial score (nSPS) is 10.4. The maximum atomic E-state index is 13.5. The summed E-state index contributed by atoms with van der Waals surface area (Å²) in [5.74, 6) is 0.284. The van der Waals surface area contributed by atoms with E-state index in [0.29, 0.717) is 16.9 Å². The van der Waals surface area contributed by atoms with Gasteiger partial charge in [-0.25, -0.2) is 4.39 Å². The summed E-state index contributed by atoms with van der Waals surface area (Å²) < 4.78 is 23.3. The number of furan rings is 1. The summed E-state index contributed by atoms with van der Waals surface area (Å²) in [4.78, 5) is 11.9. The van der Waals surface area contributed by atoms with Gasteiger partial charge in [0.05, 0.1) is 12.7 Å². The third-order valence-corrected chi connectivity index (χ3v) is 2.63. The van der Waals surface area contributed by atoms with Crippen molar-refractivity contribution in [1.29, 1.82) is 0 Å². The van der Waals surface area contributed by atoms with Crippen LogP contribution in [0.4, 0.5) is 4.39 Å². The van der Waals surface area contributed by atoms with Gasteiger partial charge in [-0.05, 0) is 30.7 Å². The van der Waals surface area contributed by atoms with Crippen molar-refractivity contribution in [1.82, 2.24) is 0 Å². The number of Topliss-reactive ketones (excluding diaryl/α,β-unsaturated/α-hetero) is 1. The monoisotopic (exact) mass is 248 g/mol. The lowest BCUT2D eigenvalue weighted by atomic mass is 10.0. The molecule has 0 spiro atoms. The molecule has 0 saturated carbocycles. The summed E-state index contributed by atoms with van der Waals surface area (Å²) in [7, 11) is 1.40.